The normalized spacial score (nSPS) is 20.2. The summed E-state index contributed by atoms with van der Waals surface area (Å²) in [5.74, 6) is 0. The zero-order valence-electron chi connectivity index (χ0n) is 14.2. The van der Waals surface area contributed by atoms with E-state index in [4.69, 9.17) is 15.0 Å². The Labute approximate surface area is 137 Å². The van der Waals surface area contributed by atoms with Gasteiger partial charge in [-0.15, -0.1) is 0 Å². The molecule has 4 nitrogen and oxygen atoms in total. The van der Waals surface area contributed by atoms with E-state index in [1.807, 2.05) is 46.0 Å². The van der Waals surface area contributed by atoms with Crippen LogP contribution < -0.4 is 5.73 Å². The van der Waals surface area contributed by atoms with Crippen LogP contribution in [0.15, 0.2) is 42.1 Å². The van der Waals surface area contributed by atoms with Gasteiger partial charge in [-0.3, -0.25) is 4.98 Å². The summed E-state index contributed by atoms with van der Waals surface area (Å²) in [5.41, 5.74) is 7.28. The van der Waals surface area contributed by atoms with Crippen LogP contribution in [0.3, 0.4) is 0 Å². The fraction of sp³-hybridized carbons (Fsp3) is 0.389. The van der Waals surface area contributed by atoms with E-state index >= 15 is 0 Å². The summed E-state index contributed by atoms with van der Waals surface area (Å²) in [6.45, 7) is 8.57. The number of nitrogens with two attached hydrogens (primary N) is 1. The maximum absolute atomic E-state index is 6.12. The van der Waals surface area contributed by atoms with E-state index in [9.17, 15) is 0 Å². The first kappa shape index (κ1) is 16.2. The third-order valence-corrected chi connectivity index (χ3v) is 4.85. The monoisotopic (exact) mass is 310 g/mol. The van der Waals surface area contributed by atoms with Gasteiger partial charge < -0.3 is 15.0 Å². The van der Waals surface area contributed by atoms with Gasteiger partial charge in [-0.2, -0.15) is 0 Å². The van der Waals surface area contributed by atoms with Gasteiger partial charge in [0.15, 0.2) is 0 Å². The van der Waals surface area contributed by atoms with Crippen molar-refractivity contribution in [1.82, 2.24) is 4.98 Å². The van der Waals surface area contributed by atoms with Gasteiger partial charge in [0.25, 0.3) is 0 Å². The molecule has 1 aromatic carbocycles. The van der Waals surface area contributed by atoms with Crippen molar-refractivity contribution in [3.8, 4) is 0 Å². The number of aromatic nitrogens is 1. The molecule has 0 radical (unpaired) electrons. The lowest BCUT2D eigenvalue weighted by atomic mass is 9.77. The van der Waals surface area contributed by atoms with E-state index in [0.29, 0.717) is 6.54 Å². The molecule has 1 aliphatic rings. The van der Waals surface area contributed by atoms with Gasteiger partial charge in [0, 0.05) is 24.3 Å². The Hall–Kier alpha value is -1.69. The minimum absolute atomic E-state index is 0.366. The van der Waals surface area contributed by atoms with Crippen LogP contribution in [-0.4, -0.2) is 29.8 Å². The standard InChI is InChI=1S/C18H23BN2O2/c1-17(2)18(3,4)23-19(22-17)15(11-20)10-13-6-5-7-14-12-21-9-8-16(13)14/h5-10,12H,11,20H2,1-4H3. The van der Waals surface area contributed by atoms with Gasteiger partial charge in [0.05, 0.1) is 11.2 Å². The number of benzene rings is 1. The van der Waals surface area contributed by atoms with Crippen LogP contribution in [0.1, 0.15) is 33.3 Å². The average molecular weight is 310 g/mol. The Morgan fingerprint density at radius 2 is 1.87 bits per heavy atom. The first-order valence-electron chi connectivity index (χ1n) is 7.93. The SMILES string of the molecule is CC1(C)OB(C(=Cc2cccc3cnccc23)CN)OC1(C)C. The highest BCUT2D eigenvalue weighted by molar-refractivity contribution is 6.56. The minimum Gasteiger partial charge on any atom is -0.400 e. The molecule has 0 atom stereocenters. The molecule has 2 aromatic rings. The summed E-state index contributed by atoms with van der Waals surface area (Å²) in [5, 5.41) is 2.25. The average Bonchev–Trinajstić information content (AvgIpc) is 2.73. The first-order valence-corrected chi connectivity index (χ1v) is 7.93. The van der Waals surface area contributed by atoms with Crippen LogP contribution >= 0.6 is 0 Å². The molecule has 0 saturated carbocycles. The van der Waals surface area contributed by atoms with Gasteiger partial charge in [-0.05, 0) is 50.2 Å². The molecule has 1 fully saturated rings. The molecule has 0 amide bonds. The Bertz CT molecular complexity index is 734. The number of hydrogen-bond acceptors (Lipinski definition) is 4. The summed E-state index contributed by atoms with van der Waals surface area (Å²) in [7, 11) is -0.415. The van der Waals surface area contributed by atoms with Crippen molar-refractivity contribution in [2.24, 2.45) is 5.73 Å². The fourth-order valence-electron chi connectivity index (χ4n) is 2.69. The van der Waals surface area contributed by atoms with Crippen molar-refractivity contribution >= 4 is 24.0 Å². The maximum atomic E-state index is 6.12. The molecule has 3 rings (SSSR count). The highest BCUT2D eigenvalue weighted by Gasteiger charge is 2.52. The summed E-state index contributed by atoms with van der Waals surface area (Å²) < 4.78 is 12.2. The lowest BCUT2D eigenvalue weighted by Crippen LogP contribution is -2.41. The second-order valence-electron chi connectivity index (χ2n) is 6.96. The van der Waals surface area contributed by atoms with Gasteiger partial charge in [-0.25, -0.2) is 0 Å². The molecule has 1 saturated heterocycles. The molecule has 1 aromatic heterocycles. The number of rotatable bonds is 3. The summed E-state index contributed by atoms with van der Waals surface area (Å²) >= 11 is 0. The second-order valence-corrected chi connectivity index (χ2v) is 6.96. The number of nitrogens with zero attached hydrogens (tertiary/aromatic N) is 1. The topological polar surface area (TPSA) is 57.4 Å². The number of pyridine rings is 1. The summed E-state index contributed by atoms with van der Waals surface area (Å²) in [4.78, 5) is 4.17. The van der Waals surface area contributed by atoms with Crippen LogP contribution in [0.5, 0.6) is 0 Å². The Balaban J connectivity index is 1.99. The minimum atomic E-state index is -0.415. The van der Waals surface area contributed by atoms with E-state index in [2.05, 4.69) is 23.2 Å². The molecular weight excluding hydrogens is 287 g/mol. The molecule has 0 unspecified atom stereocenters. The van der Waals surface area contributed by atoms with E-state index in [0.717, 1.165) is 21.8 Å². The Morgan fingerprint density at radius 3 is 2.52 bits per heavy atom. The highest BCUT2D eigenvalue weighted by Crippen LogP contribution is 2.38. The third-order valence-electron chi connectivity index (χ3n) is 4.85. The lowest BCUT2D eigenvalue weighted by Gasteiger charge is -2.32. The number of fused-ring (bicyclic) bond motifs is 1. The van der Waals surface area contributed by atoms with Crippen LogP contribution in [0.2, 0.25) is 0 Å². The van der Waals surface area contributed by atoms with E-state index < -0.39 is 7.12 Å². The Kier molecular flexibility index (Phi) is 4.04. The predicted molar refractivity (Wildman–Crippen MR) is 94.9 cm³/mol. The summed E-state index contributed by atoms with van der Waals surface area (Å²) in [6.07, 6.45) is 5.74. The molecule has 0 spiro atoms. The number of hydrogen-bond donors (Lipinski definition) is 1. The molecular formula is C18H23BN2O2. The van der Waals surface area contributed by atoms with Crippen molar-refractivity contribution in [2.75, 3.05) is 6.54 Å². The Morgan fingerprint density at radius 1 is 1.17 bits per heavy atom. The first-order chi connectivity index (χ1) is 10.8. The van der Waals surface area contributed by atoms with Crippen molar-refractivity contribution < 1.29 is 9.31 Å². The van der Waals surface area contributed by atoms with Crippen LogP contribution in [0, 0.1) is 0 Å². The van der Waals surface area contributed by atoms with Crippen molar-refractivity contribution in [3.05, 3.63) is 47.7 Å². The second kappa shape index (κ2) is 5.75. The van der Waals surface area contributed by atoms with E-state index in [-0.39, 0.29) is 11.2 Å². The van der Waals surface area contributed by atoms with Crippen LogP contribution in [0.25, 0.3) is 16.8 Å². The van der Waals surface area contributed by atoms with Crippen LogP contribution in [-0.2, 0) is 9.31 Å². The van der Waals surface area contributed by atoms with Gasteiger partial charge in [0.1, 0.15) is 0 Å². The lowest BCUT2D eigenvalue weighted by molar-refractivity contribution is 0.00578. The van der Waals surface area contributed by atoms with Crippen molar-refractivity contribution in [2.45, 2.75) is 38.9 Å². The molecule has 5 heteroatoms. The van der Waals surface area contributed by atoms with Gasteiger partial charge in [0.2, 0.25) is 0 Å². The zero-order chi connectivity index (χ0) is 16.7. The van der Waals surface area contributed by atoms with Crippen molar-refractivity contribution in [1.29, 1.82) is 0 Å². The fourth-order valence-corrected chi connectivity index (χ4v) is 2.69. The predicted octanol–water partition coefficient (Wildman–Crippen LogP) is 3.21. The molecule has 23 heavy (non-hydrogen) atoms. The zero-order valence-corrected chi connectivity index (χ0v) is 14.2. The maximum Gasteiger partial charge on any atom is 0.491 e. The van der Waals surface area contributed by atoms with Gasteiger partial charge in [-0.1, -0.05) is 24.3 Å². The molecule has 2 heterocycles. The molecule has 1 aliphatic heterocycles. The largest absolute Gasteiger partial charge is 0.491 e. The quantitative estimate of drug-likeness (QED) is 0.885. The highest BCUT2D eigenvalue weighted by atomic mass is 16.7. The van der Waals surface area contributed by atoms with Gasteiger partial charge >= 0.3 is 7.12 Å². The third kappa shape index (κ3) is 2.92. The van der Waals surface area contributed by atoms with Crippen molar-refractivity contribution in [3.63, 3.8) is 0 Å². The van der Waals surface area contributed by atoms with E-state index in [1.165, 1.54) is 0 Å². The van der Waals surface area contributed by atoms with Crippen LogP contribution in [0.4, 0.5) is 0 Å². The molecule has 2 N–H and O–H groups in total. The summed E-state index contributed by atoms with van der Waals surface area (Å²) in [6, 6.07) is 8.16. The van der Waals surface area contributed by atoms with E-state index in [1.54, 1.807) is 6.20 Å². The smallest absolute Gasteiger partial charge is 0.400 e. The molecule has 0 aliphatic carbocycles. The molecule has 120 valence electrons. The molecule has 0 bridgehead atoms.